The fraction of sp³-hybridized carbons (Fsp3) is 0.692. The molecule has 18 heavy (non-hydrogen) atoms. The SMILES string of the molecule is CNc1cc(NCC(C)(C)C(C)C)nc(SC)n1. The Labute approximate surface area is 114 Å². The summed E-state index contributed by atoms with van der Waals surface area (Å²) in [5, 5.41) is 7.25. The highest BCUT2D eigenvalue weighted by Crippen LogP contribution is 2.26. The van der Waals surface area contributed by atoms with Crippen LogP contribution in [-0.2, 0) is 0 Å². The molecule has 0 aromatic carbocycles. The van der Waals surface area contributed by atoms with E-state index in [1.807, 2.05) is 19.4 Å². The van der Waals surface area contributed by atoms with Crippen LogP contribution in [0.4, 0.5) is 11.6 Å². The zero-order chi connectivity index (χ0) is 13.8. The van der Waals surface area contributed by atoms with Gasteiger partial charge in [-0.15, -0.1) is 0 Å². The van der Waals surface area contributed by atoms with Gasteiger partial charge < -0.3 is 10.6 Å². The van der Waals surface area contributed by atoms with Crippen molar-refractivity contribution in [1.82, 2.24) is 9.97 Å². The van der Waals surface area contributed by atoms with E-state index < -0.39 is 0 Å². The summed E-state index contributed by atoms with van der Waals surface area (Å²) in [6.07, 6.45) is 1.98. The molecule has 0 radical (unpaired) electrons. The number of hydrogen-bond acceptors (Lipinski definition) is 5. The Balaban J connectivity index is 2.78. The predicted molar refractivity (Wildman–Crippen MR) is 80.5 cm³/mol. The molecule has 102 valence electrons. The summed E-state index contributed by atoms with van der Waals surface area (Å²) in [6.45, 7) is 9.92. The predicted octanol–water partition coefficient (Wildman–Crippen LogP) is 3.33. The lowest BCUT2D eigenvalue weighted by Gasteiger charge is -2.29. The number of anilines is 2. The van der Waals surface area contributed by atoms with Crippen molar-refractivity contribution in [2.45, 2.75) is 32.9 Å². The molecule has 1 heterocycles. The maximum Gasteiger partial charge on any atom is 0.191 e. The lowest BCUT2D eigenvalue weighted by atomic mass is 9.81. The number of rotatable bonds is 6. The molecule has 0 fully saturated rings. The average Bonchev–Trinajstić information content (AvgIpc) is 2.35. The van der Waals surface area contributed by atoms with Crippen molar-refractivity contribution in [3.63, 3.8) is 0 Å². The second-order valence-electron chi connectivity index (χ2n) is 5.37. The van der Waals surface area contributed by atoms with Crippen LogP contribution in [0.25, 0.3) is 0 Å². The molecule has 0 aliphatic rings. The van der Waals surface area contributed by atoms with E-state index in [1.54, 1.807) is 11.8 Å². The van der Waals surface area contributed by atoms with Gasteiger partial charge in [0.05, 0.1) is 0 Å². The van der Waals surface area contributed by atoms with Gasteiger partial charge in [0.25, 0.3) is 0 Å². The molecule has 1 aromatic rings. The van der Waals surface area contributed by atoms with Crippen molar-refractivity contribution in [2.24, 2.45) is 11.3 Å². The molecule has 1 aromatic heterocycles. The van der Waals surface area contributed by atoms with Gasteiger partial charge in [0, 0.05) is 19.7 Å². The van der Waals surface area contributed by atoms with E-state index in [1.165, 1.54) is 0 Å². The van der Waals surface area contributed by atoms with E-state index in [2.05, 4.69) is 48.3 Å². The first kappa shape index (κ1) is 15.1. The van der Waals surface area contributed by atoms with Crippen molar-refractivity contribution in [2.75, 3.05) is 30.5 Å². The first-order valence-corrected chi connectivity index (χ1v) is 7.46. The number of thioether (sulfide) groups is 1. The molecule has 0 unspecified atom stereocenters. The van der Waals surface area contributed by atoms with Gasteiger partial charge in [-0.2, -0.15) is 0 Å². The van der Waals surface area contributed by atoms with Crippen molar-refractivity contribution in [1.29, 1.82) is 0 Å². The molecule has 4 nitrogen and oxygen atoms in total. The molecular weight excluding hydrogens is 244 g/mol. The fourth-order valence-corrected chi connectivity index (χ4v) is 1.64. The molecular formula is C13H24N4S. The first-order chi connectivity index (χ1) is 8.39. The van der Waals surface area contributed by atoms with Crippen LogP contribution >= 0.6 is 11.8 Å². The number of nitrogens with one attached hydrogen (secondary N) is 2. The minimum absolute atomic E-state index is 0.240. The normalized spacial score (nSPS) is 11.7. The molecule has 1 rings (SSSR count). The van der Waals surface area contributed by atoms with Crippen molar-refractivity contribution in [3.05, 3.63) is 6.07 Å². The second-order valence-corrected chi connectivity index (χ2v) is 6.15. The Kier molecular flexibility index (Phi) is 5.26. The monoisotopic (exact) mass is 268 g/mol. The molecule has 0 bridgehead atoms. The summed E-state index contributed by atoms with van der Waals surface area (Å²) in [5.74, 6) is 2.35. The molecule has 0 saturated heterocycles. The van der Waals surface area contributed by atoms with Gasteiger partial charge in [-0.05, 0) is 17.6 Å². The smallest absolute Gasteiger partial charge is 0.191 e. The van der Waals surface area contributed by atoms with Crippen LogP contribution in [-0.4, -0.2) is 29.8 Å². The van der Waals surface area contributed by atoms with Gasteiger partial charge in [-0.3, -0.25) is 0 Å². The molecule has 0 aliphatic heterocycles. The van der Waals surface area contributed by atoms with Crippen LogP contribution in [0.15, 0.2) is 11.2 Å². The Morgan fingerprint density at radius 3 is 2.39 bits per heavy atom. The van der Waals surface area contributed by atoms with Crippen molar-refractivity contribution in [3.8, 4) is 0 Å². The first-order valence-electron chi connectivity index (χ1n) is 6.23. The maximum atomic E-state index is 4.46. The zero-order valence-electron chi connectivity index (χ0n) is 12.2. The number of aromatic nitrogens is 2. The number of nitrogens with zero attached hydrogens (tertiary/aromatic N) is 2. The standard InChI is InChI=1S/C13H24N4S/c1-9(2)13(3,4)8-15-11-7-10(14-5)16-12(17-11)18-6/h7,9H,8H2,1-6H3,(H2,14,15,16,17). The van der Waals surface area contributed by atoms with E-state index in [4.69, 9.17) is 0 Å². The fourth-order valence-electron chi connectivity index (χ4n) is 1.26. The summed E-state index contributed by atoms with van der Waals surface area (Å²) in [6, 6.07) is 1.94. The highest BCUT2D eigenvalue weighted by Gasteiger charge is 2.22. The maximum absolute atomic E-state index is 4.46. The van der Waals surface area contributed by atoms with Crippen LogP contribution in [0.1, 0.15) is 27.7 Å². The average molecular weight is 268 g/mol. The van der Waals surface area contributed by atoms with Gasteiger partial charge in [0.1, 0.15) is 11.6 Å². The van der Waals surface area contributed by atoms with Gasteiger partial charge in [0.15, 0.2) is 5.16 Å². The third kappa shape index (κ3) is 4.05. The molecule has 2 N–H and O–H groups in total. The van der Waals surface area contributed by atoms with Crippen LogP contribution < -0.4 is 10.6 Å². The summed E-state index contributed by atoms with van der Waals surface area (Å²) in [7, 11) is 1.87. The van der Waals surface area contributed by atoms with Crippen molar-refractivity contribution >= 4 is 23.4 Å². The van der Waals surface area contributed by atoms with Crippen LogP contribution in [0.2, 0.25) is 0 Å². The topological polar surface area (TPSA) is 49.8 Å². The van der Waals surface area contributed by atoms with Gasteiger partial charge >= 0.3 is 0 Å². The molecule has 0 amide bonds. The molecule has 0 aliphatic carbocycles. The highest BCUT2D eigenvalue weighted by molar-refractivity contribution is 7.98. The largest absolute Gasteiger partial charge is 0.373 e. The lowest BCUT2D eigenvalue weighted by Crippen LogP contribution is -2.28. The molecule has 0 saturated carbocycles. The van der Waals surface area contributed by atoms with Crippen molar-refractivity contribution < 1.29 is 0 Å². The van der Waals surface area contributed by atoms with Crippen LogP contribution in [0.5, 0.6) is 0 Å². The summed E-state index contributed by atoms with van der Waals surface area (Å²) in [5.41, 5.74) is 0.240. The Bertz CT molecular complexity index is 368. The van der Waals surface area contributed by atoms with Gasteiger partial charge in [-0.25, -0.2) is 9.97 Å². The Hall–Kier alpha value is -0.970. The number of hydrogen-bond donors (Lipinski definition) is 2. The minimum Gasteiger partial charge on any atom is -0.373 e. The van der Waals surface area contributed by atoms with E-state index in [0.29, 0.717) is 5.92 Å². The Morgan fingerprint density at radius 1 is 1.28 bits per heavy atom. The third-order valence-corrected chi connectivity index (χ3v) is 3.98. The van der Waals surface area contributed by atoms with E-state index in [0.717, 1.165) is 23.3 Å². The Morgan fingerprint density at radius 2 is 1.89 bits per heavy atom. The zero-order valence-corrected chi connectivity index (χ0v) is 13.0. The van der Waals surface area contributed by atoms with E-state index >= 15 is 0 Å². The highest BCUT2D eigenvalue weighted by atomic mass is 32.2. The summed E-state index contributed by atoms with van der Waals surface area (Å²) >= 11 is 1.55. The van der Waals surface area contributed by atoms with E-state index in [-0.39, 0.29) is 5.41 Å². The van der Waals surface area contributed by atoms with Gasteiger partial charge in [-0.1, -0.05) is 39.5 Å². The van der Waals surface area contributed by atoms with E-state index in [9.17, 15) is 0 Å². The van der Waals surface area contributed by atoms with Crippen LogP contribution in [0.3, 0.4) is 0 Å². The summed E-state index contributed by atoms with van der Waals surface area (Å²) < 4.78 is 0. The quantitative estimate of drug-likeness (QED) is 0.612. The third-order valence-electron chi connectivity index (χ3n) is 3.43. The minimum atomic E-state index is 0.240. The summed E-state index contributed by atoms with van der Waals surface area (Å²) in [4.78, 5) is 8.81. The molecule has 0 spiro atoms. The van der Waals surface area contributed by atoms with Crippen LogP contribution in [0, 0.1) is 11.3 Å². The molecule has 5 heteroatoms. The van der Waals surface area contributed by atoms with Gasteiger partial charge in [0.2, 0.25) is 0 Å². The molecule has 0 atom stereocenters. The lowest BCUT2D eigenvalue weighted by molar-refractivity contribution is 0.269. The second kappa shape index (κ2) is 6.27.